The molecule has 0 saturated carbocycles. The largest absolute Gasteiger partial charge is 0.514 e. The SMILES string of the molecule is CCC(C)C(=O)OC(C)C(C)C(c1ccc(OC(=O)OC(C)(C)C)c(OC(=O)OC(C)(C)C)c1)[C@H](N)C(=O)O. The highest BCUT2D eigenvalue weighted by atomic mass is 16.8. The number of carbonyl (C=O) groups is 4. The smallest absolute Gasteiger partial charge is 0.480 e. The number of nitrogens with two attached hydrogens (primary N) is 1. The van der Waals surface area contributed by atoms with E-state index < -0.39 is 59.4 Å². The van der Waals surface area contributed by atoms with Crippen molar-refractivity contribution in [2.75, 3.05) is 0 Å². The van der Waals surface area contributed by atoms with Crippen molar-refractivity contribution >= 4 is 24.2 Å². The molecule has 3 N–H and O–H groups in total. The molecule has 1 aromatic carbocycles. The number of carbonyl (C=O) groups excluding carboxylic acids is 3. The Morgan fingerprint density at radius 1 is 0.872 bits per heavy atom. The van der Waals surface area contributed by atoms with E-state index in [9.17, 15) is 24.3 Å². The molecule has 0 aliphatic carbocycles. The van der Waals surface area contributed by atoms with Crippen molar-refractivity contribution in [1.82, 2.24) is 0 Å². The molecule has 39 heavy (non-hydrogen) atoms. The Bertz CT molecular complexity index is 1020. The van der Waals surface area contributed by atoms with E-state index >= 15 is 0 Å². The third-order valence-electron chi connectivity index (χ3n) is 5.81. The average Bonchev–Trinajstić information content (AvgIpc) is 2.77. The maximum Gasteiger partial charge on any atom is 0.514 e. The van der Waals surface area contributed by atoms with Crippen LogP contribution in [0.2, 0.25) is 0 Å². The summed E-state index contributed by atoms with van der Waals surface area (Å²) in [6, 6.07) is 2.77. The third kappa shape index (κ3) is 11.1. The van der Waals surface area contributed by atoms with Gasteiger partial charge in [-0.05, 0) is 72.6 Å². The van der Waals surface area contributed by atoms with Gasteiger partial charge in [-0.25, -0.2) is 9.59 Å². The van der Waals surface area contributed by atoms with Crippen LogP contribution in [0, 0.1) is 11.8 Å². The number of ether oxygens (including phenoxy) is 5. The van der Waals surface area contributed by atoms with Gasteiger partial charge in [0.1, 0.15) is 23.3 Å². The van der Waals surface area contributed by atoms with E-state index in [0.717, 1.165) is 0 Å². The summed E-state index contributed by atoms with van der Waals surface area (Å²) in [5.41, 5.74) is 4.72. The number of carboxylic acid groups (broad SMARTS) is 1. The summed E-state index contributed by atoms with van der Waals surface area (Å²) in [5.74, 6) is -3.86. The Balaban J connectivity index is 3.51. The molecule has 11 heteroatoms. The molecule has 4 unspecified atom stereocenters. The van der Waals surface area contributed by atoms with Crippen molar-refractivity contribution in [1.29, 1.82) is 0 Å². The lowest BCUT2D eigenvalue weighted by atomic mass is 9.79. The molecule has 0 aromatic heterocycles. The molecule has 0 heterocycles. The highest BCUT2D eigenvalue weighted by Gasteiger charge is 2.36. The van der Waals surface area contributed by atoms with Gasteiger partial charge >= 0.3 is 24.2 Å². The molecule has 11 nitrogen and oxygen atoms in total. The summed E-state index contributed by atoms with van der Waals surface area (Å²) < 4.78 is 26.6. The molecular formula is C28H43NO10. The van der Waals surface area contributed by atoms with Crippen molar-refractivity contribution in [3.63, 3.8) is 0 Å². The van der Waals surface area contributed by atoms with Crippen LogP contribution in [0.15, 0.2) is 18.2 Å². The minimum Gasteiger partial charge on any atom is -0.480 e. The van der Waals surface area contributed by atoms with Gasteiger partial charge in [-0.2, -0.15) is 0 Å². The number of carboxylic acids is 1. The van der Waals surface area contributed by atoms with E-state index in [1.807, 2.05) is 6.92 Å². The zero-order valence-electron chi connectivity index (χ0n) is 24.5. The Labute approximate surface area is 230 Å². The summed E-state index contributed by atoms with van der Waals surface area (Å²) in [6.45, 7) is 16.9. The van der Waals surface area contributed by atoms with E-state index in [0.29, 0.717) is 12.0 Å². The van der Waals surface area contributed by atoms with Crippen LogP contribution >= 0.6 is 0 Å². The first-order valence-electron chi connectivity index (χ1n) is 12.9. The summed E-state index contributed by atoms with van der Waals surface area (Å²) in [4.78, 5) is 49.2. The van der Waals surface area contributed by atoms with E-state index in [-0.39, 0.29) is 17.4 Å². The van der Waals surface area contributed by atoms with Crippen molar-refractivity contribution in [2.24, 2.45) is 17.6 Å². The molecule has 1 aromatic rings. The van der Waals surface area contributed by atoms with Crippen LogP contribution in [0.3, 0.4) is 0 Å². The molecule has 0 saturated heterocycles. The fourth-order valence-corrected chi connectivity index (χ4v) is 3.47. The van der Waals surface area contributed by atoms with Crippen LogP contribution < -0.4 is 15.2 Å². The minimum atomic E-state index is -1.41. The maximum absolute atomic E-state index is 12.5. The van der Waals surface area contributed by atoms with Gasteiger partial charge in [0.05, 0.1) is 5.92 Å². The standard InChI is InChI=1S/C28H43NO10/c1-11-15(2)24(32)35-17(4)16(3)21(22(29)23(30)31)18-12-13-19(36-25(33)38-27(5,6)7)20(14-18)37-26(34)39-28(8,9)10/h12-17,21-22H,11,29H2,1-10H3,(H,30,31)/t15?,16?,17?,21?,22-/m0/s1. The van der Waals surface area contributed by atoms with Crippen LogP contribution in [0.25, 0.3) is 0 Å². The molecule has 0 aliphatic rings. The number of aliphatic carboxylic acids is 1. The Kier molecular flexibility index (Phi) is 11.8. The minimum absolute atomic E-state index is 0.162. The molecule has 220 valence electrons. The highest BCUT2D eigenvalue weighted by molar-refractivity contribution is 5.75. The lowest BCUT2D eigenvalue weighted by Gasteiger charge is -2.32. The Morgan fingerprint density at radius 2 is 1.36 bits per heavy atom. The zero-order valence-corrected chi connectivity index (χ0v) is 24.5. The molecule has 0 radical (unpaired) electrons. The molecular weight excluding hydrogens is 510 g/mol. The molecule has 0 fully saturated rings. The van der Waals surface area contributed by atoms with Gasteiger partial charge < -0.3 is 34.5 Å². The van der Waals surface area contributed by atoms with Crippen LogP contribution in [-0.4, -0.2) is 52.7 Å². The second-order valence-corrected chi connectivity index (χ2v) is 11.5. The molecule has 0 amide bonds. The molecule has 0 aliphatic heterocycles. The lowest BCUT2D eigenvalue weighted by molar-refractivity contribution is -0.155. The van der Waals surface area contributed by atoms with Gasteiger partial charge in [-0.3, -0.25) is 9.59 Å². The first-order valence-corrected chi connectivity index (χ1v) is 12.9. The van der Waals surface area contributed by atoms with Crippen LogP contribution in [0.1, 0.15) is 87.1 Å². The lowest BCUT2D eigenvalue weighted by Crippen LogP contribution is -2.43. The van der Waals surface area contributed by atoms with Crippen molar-refractivity contribution in [3.8, 4) is 11.5 Å². The van der Waals surface area contributed by atoms with Crippen LogP contribution in [-0.2, 0) is 23.8 Å². The predicted octanol–water partition coefficient (Wildman–Crippen LogP) is 5.42. The van der Waals surface area contributed by atoms with E-state index in [2.05, 4.69) is 0 Å². The normalized spacial score (nSPS) is 15.7. The number of hydrogen-bond acceptors (Lipinski definition) is 10. The number of esters is 1. The zero-order chi connectivity index (χ0) is 30.3. The molecule has 1 rings (SSSR count). The summed E-state index contributed by atoms with van der Waals surface area (Å²) in [5, 5.41) is 9.75. The number of hydrogen-bond donors (Lipinski definition) is 2. The average molecular weight is 554 g/mol. The first kappa shape index (κ1) is 33.7. The van der Waals surface area contributed by atoms with E-state index in [1.54, 1.807) is 62.3 Å². The highest BCUT2D eigenvalue weighted by Crippen LogP contribution is 2.38. The van der Waals surface area contributed by atoms with Gasteiger partial charge in [0.2, 0.25) is 0 Å². The van der Waals surface area contributed by atoms with Gasteiger partial charge in [0.15, 0.2) is 11.5 Å². The monoisotopic (exact) mass is 553 g/mol. The Hall–Kier alpha value is -3.34. The van der Waals surface area contributed by atoms with Gasteiger partial charge in [-0.15, -0.1) is 0 Å². The molecule has 0 spiro atoms. The second-order valence-electron chi connectivity index (χ2n) is 11.5. The number of rotatable bonds is 10. The van der Waals surface area contributed by atoms with Gasteiger partial charge in [-0.1, -0.05) is 26.8 Å². The van der Waals surface area contributed by atoms with Gasteiger partial charge in [0, 0.05) is 11.8 Å². The molecule has 5 atom stereocenters. The van der Waals surface area contributed by atoms with Gasteiger partial charge in [0.25, 0.3) is 0 Å². The van der Waals surface area contributed by atoms with Crippen molar-refractivity contribution < 1.29 is 48.0 Å². The Morgan fingerprint density at radius 3 is 1.79 bits per heavy atom. The maximum atomic E-state index is 12.5. The van der Waals surface area contributed by atoms with Crippen LogP contribution in [0.5, 0.6) is 11.5 Å². The van der Waals surface area contributed by atoms with E-state index in [1.165, 1.54) is 18.2 Å². The summed E-state index contributed by atoms with van der Waals surface area (Å²) in [6.07, 6.45) is -2.23. The van der Waals surface area contributed by atoms with Crippen molar-refractivity contribution in [2.45, 2.75) is 105 Å². The van der Waals surface area contributed by atoms with Crippen molar-refractivity contribution in [3.05, 3.63) is 23.8 Å². The third-order valence-corrected chi connectivity index (χ3v) is 5.81. The summed E-state index contributed by atoms with van der Waals surface area (Å²) >= 11 is 0. The summed E-state index contributed by atoms with van der Waals surface area (Å²) in [7, 11) is 0. The molecule has 0 bridgehead atoms. The first-order chi connectivity index (χ1) is 17.8. The van der Waals surface area contributed by atoms with E-state index in [4.69, 9.17) is 29.4 Å². The quantitative estimate of drug-likeness (QED) is 0.216. The second kappa shape index (κ2) is 13.6. The number of benzene rings is 1. The fraction of sp³-hybridized carbons (Fsp3) is 0.643. The van der Waals surface area contributed by atoms with Crippen LogP contribution in [0.4, 0.5) is 9.59 Å². The topological polar surface area (TPSA) is 161 Å². The predicted molar refractivity (Wildman–Crippen MR) is 143 cm³/mol. The fourth-order valence-electron chi connectivity index (χ4n) is 3.47.